The van der Waals surface area contributed by atoms with Crippen molar-refractivity contribution in [3.63, 3.8) is 0 Å². The fraction of sp³-hybridized carbons (Fsp3) is 0.429. The van der Waals surface area contributed by atoms with Crippen molar-refractivity contribution < 1.29 is 9.90 Å². The molecule has 0 bridgehead atoms. The van der Waals surface area contributed by atoms with Gasteiger partial charge in [0.15, 0.2) is 5.16 Å². The molecule has 1 aromatic heterocycles. The highest BCUT2D eigenvalue weighted by Crippen LogP contribution is 2.32. The molecule has 1 aromatic carbocycles. The molecule has 20 heavy (non-hydrogen) atoms. The third kappa shape index (κ3) is 3.10. The van der Waals surface area contributed by atoms with Gasteiger partial charge in [-0.05, 0) is 31.0 Å². The van der Waals surface area contributed by atoms with Crippen LogP contribution in [0.4, 0.5) is 0 Å². The Labute approximate surface area is 127 Å². The molecule has 1 heterocycles. The Bertz CT molecular complexity index is 623. The molecule has 2 rings (SSSR count). The Morgan fingerprint density at radius 1 is 1.45 bits per heavy atom. The monoisotopic (exact) mass is 312 g/mol. The van der Waals surface area contributed by atoms with Crippen LogP contribution in [0.3, 0.4) is 0 Å². The number of aromatic nitrogens is 2. The maximum Gasteiger partial charge on any atom is 0.313 e. The first-order chi connectivity index (χ1) is 9.56. The first-order valence-electron chi connectivity index (χ1n) is 6.58. The molecule has 0 amide bonds. The SMILES string of the molecule is CCC(CC)n1c(SCC(=O)O)nc2ccc(Cl)cc21. The average Bonchev–Trinajstić information content (AvgIpc) is 2.76. The molecule has 1 N–H and O–H groups in total. The Morgan fingerprint density at radius 3 is 2.75 bits per heavy atom. The maximum atomic E-state index is 10.8. The van der Waals surface area contributed by atoms with Crippen molar-refractivity contribution in [3.05, 3.63) is 23.2 Å². The third-order valence-corrected chi connectivity index (χ3v) is 4.42. The van der Waals surface area contributed by atoms with Crippen molar-refractivity contribution in [3.8, 4) is 0 Å². The van der Waals surface area contributed by atoms with Gasteiger partial charge in [-0.15, -0.1) is 0 Å². The molecule has 0 fully saturated rings. The number of carbonyl (C=O) groups is 1. The molecule has 0 radical (unpaired) electrons. The molecule has 0 aliphatic carbocycles. The lowest BCUT2D eigenvalue weighted by Crippen LogP contribution is -2.09. The van der Waals surface area contributed by atoms with Crippen LogP contribution in [0.5, 0.6) is 0 Å². The van der Waals surface area contributed by atoms with E-state index >= 15 is 0 Å². The highest BCUT2D eigenvalue weighted by atomic mass is 35.5. The number of carboxylic acids is 1. The van der Waals surface area contributed by atoms with Crippen LogP contribution in [-0.2, 0) is 4.79 Å². The lowest BCUT2D eigenvalue weighted by atomic mass is 10.1. The zero-order valence-electron chi connectivity index (χ0n) is 11.5. The Kier molecular flexibility index (Phi) is 4.94. The van der Waals surface area contributed by atoms with Crippen LogP contribution in [0.1, 0.15) is 32.7 Å². The summed E-state index contributed by atoms with van der Waals surface area (Å²) in [6.45, 7) is 4.24. The average molecular weight is 313 g/mol. The van der Waals surface area contributed by atoms with Gasteiger partial charge in [0.2, 0.25) is 0 Å². The molecule has 6 heteroatoms. The molecule has 0 saturated heterocycles. The van der Waals surface area contributed by atoms with Gasteiger partial charge in [-0.2, -0.15) is 0 Å². The third-order valence-electron chi connectivity index (χ3n) is 3.25. The van der Waals surface area contributed by atoms with E-state index in [4.69, 9.17) is 16.7 Å². The van der Waals surface area contributed by atoms with Crippen molar-refractivity contribution >= 4 is 40.4 Å². The number of rotatable bonds is 6. The lowest BCUT2D eigenvalue weighted by Gasteiger charge is -2.18. The molecule has 0 aliphatic heterocycles. The zero-order chi connectivity index (χ0) is 14.7. The summed E-state index contributed by atoms with van der Waals surface area (Å²) >= 11 is 7.33. The topological polar surface area (TPSA) is 55.1 Å². The summed E-state index contributed by atoms with van der Waals surface area (Å²) in [7, 11) is 0. The number of nitrogens with zero attached hydrogens (tertiary/aromatic N) is 2. The molecule has 0 spiro atoms. The van der Waals surface area contributed by atoms with Gasteiger partial charge >= 0.3 is 5.97 Å². The van der Waals surface area contributed by atoms with Crippen molar-refractivity contribution in [2.45, 2.75) is 37.9 Å². The Hall–Kier alpha value is -1.20. The van der Waals surface area contributed by atoms with E-state index in [1.165, 1.54) is 11.8 Å². The first kappa shape index (κ1) is 15.2. The first-order valence-corrected chi connectivity index (χ1v) is 7.95. The molecular formula is C14H17ClN2O2S. The van der Waals surface area contributed by atoms with Crippen LogP contribution in [-0.4, -0.2) is 26.4 Å². The largest absolute Gasteiger partial charge is 0.481 e. The van der Waals surface area contributed by atoms with Crippen LogP contribution >= 0.6 is 23.4 Å². The maximum absolute atomic E-state index is 10.8. The standard InChI is InChI=1S/C14H17ClN2O2S/c1-3-10(4-2)17-12-7-9(15)5-6-11(12)16-14(17)20-8-13(18)19/h5-7,10H,3-4,8H2,1-2H3,(H,18,19). The number of thioether (sulfide) groups is 1. The number of carboxylic acid groups (broad SMARTS) is 1. The minimum absolute atomic E-state index is 0.0111. The number of imidazole rings is 1. The fourth-order valence-corrected chi connectivity index (χ4v) is 3.25. The minimum atomic E-state index is -0.837. The van der Waals surface area contributed by atoms with Crippen LogP contribution in [0.2, 0.25) is 5.02 Å². The summed E-state index contributed by atoms with van der Waals surface area (Å²) in [6.07, 6.45) is 1.93. The van der Waals surface area contributed by atoms with E-state index in [1.54, 1.807) is 6.07 Å². The van der Waals surface area contributed by atoms with Gasteiger partial charge in [0, 0.05) is 11.1 Å². The van der Waals surface area contributed by atoms with Crippen molar-refractivity contribution in [2.24, 2.45) is 0 Å². The smallest absolute Gasteiger partial charge is 0.313 e. The number of benzene rings is 1. The van der Waals surface area contributed by atoms with Gasteiger partial charge in [0.1, 0.15) is 0 Å². The normalized spacial score (nSPS) is 11.4. The van der Waals surface area contributed by atoms with Gasteiger partial charge in [0.25, 0.3) is 0 Å². The van der Waals surface area contributed by atoms with Crippen molar-refractivity contribution in [1.82, 2.24) is 9.55 Å². The van der Waals surface area contributed by atoms with Crippen molar-refractivity contribution in [2.75, 3.05) is 5.75 Å². The summed E-state index contributed by atoms with van der Waals surface area (Å²) < 4.78 is 2.12. The van der Waals surface area contributed by atoms with E-state index in [-0.39, 0.29) is 5.75 Å². The number of halogens is 1. The number of aliphatic carboxylic acids is 1. The molecule has 2 aromatic rings. The second-order valence-electron chi connectivity index (χ2n) is 4.55. The second kappa shape index (κ2) is 6.50. The second-order valence-corrected chi connectivity index (χ2v) is 5.93. The van der Waals surface area contributed by atoms with E-state index in [9.17, 15) is 4.79 Å². The van der Waals surface area contributed by atoms with E-state index in [2.05, 4.69) is 23.4 Å². The summed E-state index contributed by atoms with van der Waals surface area (Å²) in [5.41, 5.74) is 1.83. The highest BCUT2D eigenvalue weighted by Gasteiger charge is 2.18. The predicted molar refractivity (Wildman–Crippen MR) is 82.7 cm³/mol. The van der Waals surface area contributed by atoms with Crippen LogP contribution < -0.4 is 0 Å². The quantitative estimate of drug-likeness (QED) is 0.811. The summed E-state index contributed by atoms with van der Waals surface area (Å²) in [5, 5.41) is 10.3. The molecule has 0 saturated carbocycles. The zero-order valence-corrected chi connectivity index (χ0v) is 13.0. The predicted octanol–water partition coefficient (Wildman–Crippen LogP) is 4.23. The fourth-order valence-electron chi connectivity index (χ4n) is 2.28. The van der Waals surface area contributed by atoms with E-state index in [0.717, 1.165) is 29.0 Å². The summed E-state index contributed by atoms with van der Waals surface area (Å²) in [5.74, 6) is -0.826. The van der Waals surface area contributed by atoms with Crippen molar-refractivity contribution in [1.29, 1.82) is 0 Å². The van der Waals surface area contributed by atoms with E-state index < -0.39 is 5.97 Å². The molecule has 108 valence electrons. The Balaban J connectivity index is 2.53. The number of hydrogen-bond donors (Lipinski definition) is 1. The molecule has 0 unspecified atom stereocenters. The van der Waals surface area contributed by atoms with Gasteiger partial charge in [0.05, 0.1) is 16.8 Å². The minimum Gasteiger partial charge on any atom is -0.481 e. The van der Waals surface area contributed by atoms with Gasteiger partial charge in [-0.1, -0.05) is 37.2 Å². The molecule has 4 nitrogen and oxygen atoms in total. The summed E-state index contributed by atoms with van der Waals surface area (Å²) in [6, 6.07) is 5.88. The van der Waals surface area contributed by atoms with Gasteiger partial charge in [-0.3, -0.25) is 4.79 Å². The number of hydrogen-bond acceptors (Lipinski definition) is 3. The van der Waals surface area contributed by atoms with Gasteiger partial charge < -0.3 is 9.67 Å². The molecule has 0 aliphatic rings. The van der Waals surface area contributed by atoms with Crippen LogP contribution in [0.15, 0.2) is 23.4 Å². The highest BCUT2D eigenvalue weighted by molar-refractivity contribution is 7.99. The summed E-state index contributed by atoms with van der Waals surface area (Å²) in [4.78, 5) is 15.3. The lowest BCUT2D eigenvalue weighted by molar-refractivity contribution is -0.133. The van der Waals surface area contributed by atoms with E-state index in [0.29, 0.717) is 11.1 Å². The Morgan fingerprint density at radius 2 is 2.15 bits per heavy atom. The number of fused-ring (bicyclic) bond motifs is 1. The molecule has 0 atom stereocenters. The molecular weight excluding hydrogens is 296 g/mol. The van der Waals surface area contributed by atoms with E-state index in [1.807, 2.05) is 12.1 Å². The van der Waals surface area contributed by atoms with Gasteiger partial charge in [-0.25, -0.2) is 4.98 Å². The van der Waals surface area contributed by atoms with Crippen LogP contribution in [0, 0.1) is 0 Å². The van der Waals surface area contributed by atoms with Crippen LogP contribution in [0.25, 0.3) is 11.0 Å².